The van der Waals surface area contributed by atoms with Gasteiger partial charge < -0.3 is 5.32 Å². The maximum absolute atomic E-state index is 13.9. The topological polar surface area (TPSA) is 75.6 Å². The predicted molar refractivity (Wildman–Crippen MR) is 133 cm³/mol. The van der Waals surface area contributed by atoms with Gasteiger partial charge in [0.1, 0.15) is 0 Å². The van der Waals surface area contributed by atoms with Crippen LogP contribution in [0.25, 0.3) is 0 Å². The molecule has 2 atom stereocenters. The van der Waals surface area contributed by atoms with Crippen molar-refractivity contribution in [1.82, 2.24) is 5.32 Å². The molecule has 1 heterocycles. The van der Waals surface area contributed by atoms with Crippen LogP contribution >= 0.6 is 0 Å². The van der Waals surface area contributed by atoms with E-state index in [1.54, 1.807) is 49.7 Å². The summed E-state index contributed by atoms with van der Waals surface area (Å²) in [6.07, 6.45) is 1.56. The molecule has 4 rings (SSSR count). The van der Waals surface area contributed by atoms with Crippen molar-refractivity contribution in [2.24, 2.45) is 10.9 Å². The van der Waals surface area contributed by atoms with E-state index < -0.39 is 11.8 Å². The van der Waals surface area contributed by atoms with Gasteiger partial charge in [-0.1, -0.05) is 84.9 Å². The Morgan fingerprint density at radius 2 is 1.41 bits per heavy atom. The first-order valence-electron chi connectivity index (χ1n) is 11.2. The summed E-state index contributed by atoms with van der Waals surface area (Å²) < 4.78 is 0. The van der Waals surface area contributed by atoms with Crippen molar-refractivity contribution in [3.8, 4) is 0 Å². The zero-order valence-corrected chi connectivity index (χ0v) is 19.2. The molecule has 0 radical (unpaired) electrons. The molecule has 1 amide bonds. The zero-order chi connectivity index (χ0) is 24.1. The van der Waals surface area contributed by atoms with Crippen molar-refractivity contribution in [3.05, 3.63) is 118 Å². The number of allylic oxidation sites excluding steroid dienone is 1. The third kappa shape index (κ3) is 4.64. The average molecular weight is 451 g/mol. The molecule has 0 aliphatic carbocycles. The molecule has 1 N–H and O–H groups in total. The summed E-state index contributed by atoms with van der Waals surface area (Å²) in [7, 11) is 1.55. The Morgan fingerprint density at radius 1 is 0.824 bits per heavy atom. The monoisotopic (exact) mass is 450 g/mol. The van der Waals surface area contributed by atoms with Gasteiger partial charge in [-0.25, -0.2) is 0 Å². The number of nitrogens with zero attached hydrogens (tertiary/aromatic N) is 1. The summed E-state index contributed by atoms with van der Waals surface area (Å²) >= 11 is 0. The average Bonchev–Trinajstić information content (AvgIpc) is 2.89. The van der Waals surface area contributed by atoms with Crippen LogP contribution in [0.1, 0.15) is 44.2 Å². The molecule has 0 fully saturated rings. The largest absolute Gasteiger partial charge is 0.359 e. The number of hydrogen-bond donors (Lipinski definition) is 1. The molecular weight excluding hydrogens is 424 g/mol. The van der Waals surface area contributed by atoms with Crippen LogP contribution in [0.4, 0.5) is 0 Å². The lowest BCUT2D eigenvalue weighted by Gasteiger charge is -2.31. The van der Waals surface area contributed by atoms with E-state index in [4.69, 9.17) is 0 Å². The lowest BCUT2D eigenvalue weighted by atomic mass is 9.72. The van der Waals surface area contributed by atoms with Gasteiger partial charge in [0, 0.05) is 35.9 Å². The number of carbonyl (C=O) groups excluding carboxylic acids is 3. The van der Waals surface area contributed by atoms with Crippen molar-refractivity contribution < 1.29 is 14.4 Å². The second-order valence-electron chi connectivity index (χ2n) is 8.27. The van der Waals surface area contributed by atoms with Gasteiger partial charge in [0.05, 0.1) is 18.0 Å². The van der Waals surface area contributed by atoms with Crippen LogP contribution in [-0.2, 0) is 4.79 Å². The molecular formula is C29H26N2O3. The van der Waals surface area contributed by atoms with Crippen LogP contribution in [0.5, 0.6) is 0 Å². The van der Waals surface area contributed by atoms with Gasteiger partial charge in [0.2, 0.25) is 5.91 Å². The van der Waals surface area contributed by atoms with Gasteiger partial charge >= 0.3 is 0 Å². The highest BCUT2D eigenvalue weighted by Crippen LogP contribution is 2.41. The fourth-order valence-electron chi connectivity index (χ4n) is 4.38. The minimum absolute atomic E-state index is 0.0461. The lowest BCUT2D eigenvalue weighted by Crippen LogP contribution is -2.33. The van der Waals surface area contributed by atoms with Crippen LogP contribution in [-0.4, -0.2) is 30.7 Å². The molecule has 1 aliphatic rings. The van der Waals surface area contributed by atoms with E-state index in [2.05, 4.69) is 10.3 Å². The second kappa shape index (κ2) is 10.2. The first kappa shape index (κ1) is 23.1. The summed E-state index contributed by atoms with van der Waals surface area (Å²) in [4.78, 5) is 44.5. The molecule has 5 nitrogen and oxygen atoms in total. The normalized spacial score (nSPS) is 17.4. The Kier molecular flexibility index (Phi) is 6.93. The first-order valence-corrected chi connectivity index (χ1v) is 11.2. The second-order valence-corrected chi connectivity index (χ2v) is 8.27. The van der Waals surface area contributed by atoms with Crippen molar-refractivity contribution in [2.75, 3.05) is 7.05 Å². The van der Waals surface area contributed by atoms with Crippen LogP contribution in [0.3, 0.4) is 0 Å². The molecule has 170 valence electrons. The SMILES string of the molecule is CNC(=O)CC1=C(C(=O)c2ccccc2)C(c2ccccc2C)C(C(=O)c2ccccc2)C=N1. The Balaban J connectivity index is 1.93. The van der Waals surface area contributed by atoms with Gasteiger partial charge in [0.25, 0.3) is 0 Å². The number of amides is 1. The number of aryl methyl sites for hydroxylation is 1. The van der Waals surface area contributed by atoms with E-state index in [-0.39, 0.29) is 23.9 Å². The number of carbonyl (C=O) groups is 3. The highest BCUT2D eigenvalue weighted by atomic mass is 16.1. The number of hydrogen-bond acceptors (Lipinski definition) is 4. The summed E-state index contributed by atoms with van der Waals surface area (Å²) in [5.41, 5.74) is 3.66. The van der Waals surface area contributed by atoms with Crippen molar-refractivity contribution in [2.45, 2.75) is 19.3 Å². The number of Topliss-reactive ketones (excluding diaryl/α,β-unsaturated/α-hetero) is 2. The van der Waals surface area contributed by atoms with Crippen molar-refractivity contribution in [1.29, 1.82) is 0 Å². The quantitative estimate of drug-likeness (QED) is 0.518. The summed E-state index contributed by atoms with van der Waals surface area (Å²) in [6.45, 7) is 1.97. The number of aliphatic imine (C=N–C) groups is 1. The molecule has 1 aliphatic heterocycles. The molecule has 5 heteroatoms. The number of rotatable bonds is 7. The summed E-state index contributed by atoms with van der Waals surface area (Å²) in [6, 6.07) is 25.7. The number of ketones is 2. The Bertz CT molecular complexity index is 1280. The van der Waals surface area contributed by atoms with E-state index in [0.29, 0.717) is 22.4 Å². The fourth-order valence-corrected chi connectivity index (χ4v) is 4.38. The molecule has 3 aromatic carbocycles. The third-order valence-corrected chi connectivity index (χ3v) is 6.14. The molecule has 0 aromatic heterocycles. The summed E-state index contributed by atoms with van der Waals surface area (Å²) in [5.74, 6) is -1.84. The summed E-state index contributed by atoms with van der Waals surface area (Å²) in [5, 5.41) is 2.61. The number of nitrogens with one attached hydrogen (secondary N) is 1. The highest BCUT2D eigenvalue weighted by molar-refractivity contribution is 6.15. The van der Waals surface area contributed by atoms with Crippen LogP contribution in [0.2, 0.25) is 0 Å². The van der Waals surface area contributed by atoms with Gasteiger partial charge in [-0.05, 0) is 18.1 Å². The van der Waals surface area contributed by atoms with Gasteiger partial charge in [-0.15, -0.1) is 0 Å². The maximum atomic E-state index is 13.9. The van der Waals surface area contributed by atoms with Crippen LogP contribution in [0, 0.1) is 12.8 Å². The van der Waals surface area contributed by atoms with E-state index in [9.17, 15) is 14.4 Å². The highest BCUT2D eigenvalue weighted by Gasteiger charge is 2.40. The number of benzene rings is 3. The molecule has 0 saturated carbocycles. The van der Waals surface area contributed by atoms with Crippen LogP contribution < -0.4 is 5.32 Å². The Morgan fingerprint density at radius 3 is 2.03 bits per heavy atom. The lowest BCUT2D eigenvalue weighted by molar-refractivity contribution is -0.119. The standard InChI is InChI=1S/C29H26N2O3/c1-19-11-9-10-16-22(19)26-23(28(33)20-12-5-3-6-13-20)18-31-24(17-25(32)30-2)27(26)29(34)21-14-7-4-8-15-21/h3-16,18,23,26H,17H2,1-2H3,(H,30,32). The van der Waals surface area contributed by atoms with E-state index in [0.717, 1.165) is 11.1 Å². The predicted octanol–water partition coefficient (Wildman–Crippen LogP) is 4.94. The molecule has 34 heavy (non-hydrogen) atoms. The fraction of sp³-hybridized carbons (Fsp3) is 0.172. The van der Waals surface area contributed by atoms with Gasteiger partial charge in [-0.2, -0.15) is 0 Å². The zero-order valence-electron chi connectivity index (χ0n) is 19.2. The minimum Gasteiger partial charge on any atom is -0.359 e. The molecule has 0 saturated heterocycles. The Labute approximate surface area is 199 Å². The molecule has 2 unspecified atom stereocenters. The van der Waals surface area contributed by atoms with E-state index >= 15 is 0 Å². The van der Waals surface area contributed by atoms with Crippen LogP contribution in [0.15, 0.2) is 101 Å². The van der Waals surface area contributed by atoms with E-state index in [1.165, 1.54) is 0 Å². The smallest absolute Gasteiger partial charge is 0.225 e. The maximum Gasteiger partial charge on any atom is 0.225 e. The van der Waals surface area contributed by atoms with Gasteiger partial charge in [-0.3, -0.25) is 19.4 Å². The Hall–Kier alpha value is -4.12. The first-order chi connectivity index (χ1) is 16.5. The minimum atomic E-state index is -0.681. The molecule has 0 spiro atoms. The van der Waals surface area contributed by atoms with Crippen molar-refractivity contribution >= 4 is 23.7 Å². The third-order valence-electron chi connectivity index (χ3n) is 6.14. The molecule has 0 bridgehead atoms. The molecule has 3 aromatic rings. The van der Waals surface area contributed by atoms with Gasteiger partial charge in [0.15, 0.2) is 11.6 Å². The van der Waals surface area contributed by atoms with E-state index in [1.807, 2.05) is 55.5 Å². The van der Waals surface area contributed by atoms with Crippen molar-refractivity contribution in [3.63, 3.8) is 0 Å².